The summed E-state index contributed by atoms with van der Waals surface area (Å²) in [6.07, 6.45) is -2.86. The number of nitrogens with two attached hydrogens (primary N) is 1. The quantitative estimate of drug-likeness (QED) is 0.885. The highest BCUT2D eigenvalue weighted by molar-refractivity contribution is 6.42. The summed E-state index contributed by atoms with van der Waals surface area (Å²) < 4.78 is 24.1. The van der Waals surface area contributed by atoms with E-state index in [1.165, 1.54) is 0 Å². The Morgan fingerprint density at radius 2 is 1.87 bits per heavy atom. The molecule has 1 atom stereocenters. The van der Waals surface area contributed by atoms with Gasteiger partial charge in [0.05, 0.1) is 10.0 Å². The van der Waals surface area contributed by atoms with E-state index in [4.69, 9.17) is 28.9 Å². The van der Waals surface area contributed by atoms with Crippen LogP contribution < -0.4 is 5.73 Å². The first kappa shape index (κ1) is 14.9. The number of alkyl halides is 2. The predicted octanol–water partition coefficient (Wildman–Crippen LogP) is 4.07. The average Bonchev–Trinajstić information content (AvgIpc) is 2.08. The first-order valence-electron chi connectivity index (χ1n) is 4.00. The van der Waals surface area contributed by atoms with Crippen molar-refractivity contribution in [2.75, 3.05) is 0 Å². The van der Waals surface area contributed by atoms with Crippen molar-refractivity contribution in [3.8, 4) is 0 Å². The van der Waals surface area contributed by atoms with Crippen LogP contribution in [0.5, 0.6) is 0 Å². The van der Waals surface area contributed by atoms with Gasteiger partial charge in [0.15, 0.2) is 0 Å². The second-order valence-corrected chi connectivity index (χ2v) is 3.66. The number of rotatable bonds is 3. The van der Waals surface area contributed by atoms with Crippen LogP contribution in [0, 0.1) is 0 Å². The fourth-order valence-corrected chi connectivity index (χ4v) is 1.57. The molecule has 1 aromatic rings. The normalized spacial score (nSPS) is 12.4. The molecule has 86 valence electrons. The van der Waals surface area contributed by atoms with E-state index in [9.17, 15) is 8.78 Å². The van der Waals surface area contributed by atoms with E-state index in [1.807, 2.05) is 0 Å². The Balaban J connectivity index is 0.00000196. The van der Waals surface area contributed by atoms with Crippen molar-refractivity contribution in [3.63, 3.8) is 0 Å². The standard InChI is InChI=1S/C9H9Cl2F2N.ClH/c10-6-3-1-2-5(9(6)11)7(14)4-8(12)13;/h1-3,7-8H,4,14H2;1H/t7-;/m0./s1. The molecule has 0 saturated heterocycles. The molecule has 0 aliphatic carbocycles. The monoisotopic (exact) mass is 275 g/mol. The molecule has 0 aliphatic heterocycles. The molecule has 0 unspecified atom stereocenters. The highest BCUT2D eigenvalue weighted by Gasteiger charge is 2.16. The average molecular weight is 277 g/mol. The van der Waals surface area contributed by atoms with Crippen molar-refractivity contribution >= 4 is 35.6 Å². The Labute approximate surface area is 103 Å². The molecule has 0 spiro atoms. The van der Waals surface area contributed by atoms with Gasteiger partial charge in [-0.1, -0.05) is 35.3 Å². The van der Waals surface area contributed by atoms with Crippen LogP contribution in [0.15, 0.2) is 18.2 Å². The van der Waals surface area contributed by atoms with E-state index in [0.29, 0.717) is 10.6 Å². The molecule has 1 nitrogen and oxygen atoms in total. The lowest BCUT2D eigenvalue weighted by molar-refractivity contribution is 0.128. The van der Waals surface area contributed by atoms with Gasteiger partial charge in [-0.15, -0.1) is 12.4 Å². The molecule has 15 heavy (non-hydrogen) atoms. The summed E-state index contributed by atoms with van der Waals surface area (Å²) in [6, 6.07) is 4.04. The SMILES string of the molecule is Cl.N[C@@H](CC(F)F)c1cccc(Cl)c1Cl. The molecule has 0 aliphatic rings. The zero-order chi connectivity index (χ0) is 10.7. The number of hydrogen-bond donors (Lipinski definition) is 1. The molecule has 0 saturated carbocycles. The first-order valence-corrected chi connectivity index (χ1v) is 4.75. The van der Waals surface area contributed by atoms with Crippen LogP contribution in [0.4, 0.5) is 8.78 Å². The van der Waals surface area contributed by atoms with Gasteiger partial charge < -0.3 is 5.73 Å². The Morgan fingerprint density at radius 1 is 1.27 bits per heavy atom. The summed E-state index contributed by atoms with van der Waals surface area (Å²) >= 11 is 11.5. The molecule has 0 aromatic heterocycles. The van der Waals surface area contributed by atoms with Gasteiger partial charge in [-0.3, -0.25) is 0 Å². The lowest BCUT2D eigenvalue weighted by atomic mass is 10.1. The third-order valence-corrected chi connectivity index (χ3v) is 2.65. The van der Waals surface area contributed by atoms with Crippen molar-refractivity contribution in [1.29, 1.82) is 0 Å². The van der Waals surface area contributed by atoms with Crippen molar-refractivity contribution in [2.24, 2.45) is 5.73 Å². The number of benzene rings is 1. The van der Waals surface area contributed by atoms with Gasteiger partial charge in [-0.2, -0.15) is 0 Å². The van der Waals surface area contributed by atoms with Crippen molar-refractivity contribution < 1.29 is 8.78 Å². The van der Waals surface area contributed by atoms with E-state index in [2.05, 4.69) is 0 Å². The molecule has 1 rings (SSSR count). The molecule has 0 heterocycles. The summed E-state index contributed by atoms with van der Waals surface area (Å²) in [4.78, 5) is 0. The molecular formula is C9H10Cl3F2N. The van der Waals surface area contributed by atoms with Gasteiger partial charge in [-0.25, -0.2) is 8.78 Å². The van der Waals surface area contributed by atoms with Crippen LogP contribution in [-0.2, 0) is 0 Å². The first-order chi connectivity index (χ1) is 6.52. The van der Waals surface area contributed by atoms with Crippen molar-refractivity contribution in [1.82, 2.24) is 0 Å². The molecule has 0 amide bonds. The minimum absolute atomic E-state index is 0. The van der Waals surface area contributed by atoms with E-state index >= 15 is 0 Å². The number of halogens is 5. The second-order valence-electron chi connectivity index (χ2n) is 2.88. The van der Waals surface area contributed by atoms with E-state index in [-0.39, 0.29) is 17.4 Å². The van der Waals surface area contributed by atoms with Gasteiger partial charge in [0.1, 0.15) is 0 Å². The predicted molar refractivity (Wildman–Crippen MR) is 61.3 cm³/mol. The third kappa shape index (κ3) is 4.11. The Hall–Kier alpha value is -0.0900. The maximum absolute atomic E-state index is 12.0. The zero-order valence-electron chi connectivity index (χ0n) is 7.59. The van der Waals surface area contributed by atoms with E-state index < -0.39 is 18.9 Å². The van der Waals surface area contributed by atoms with Gasteiger partial charge in [0.25, 0.3) is 0 Å². The molecule has 0 radical (unpaired) electrons. The second kappa shape index (κ2) is 6.48. The van der Waals surface area contributed by atoms with Gasteiger partial charge >= 0.3 is 0 Å². The van der Waals surface area contributed by atoms with Gasteiger partial charge in [0, 0.05) is 12.5 Å². The molecule has 6 heteroatoms. The van der Waals surface area contributed by atoms with Gasteiger partial charge in [0.2, 0.25) is 6.43 Å². The molecule has 2 N–H and O–H groups in total. The highest BCUT2D eigenvalue weighted by atomic mass is 35.5. The number of hydrogen-bond acceptors (Lipinski definition) is 1. The molecule has 1 aromatic carbocycles. The zero-order valence-corrected chi connectivity index (χ0v) is 9.92. The highest BCUT2D eigenvalue weighted by Crippen LogP contribution is 2.31. The summed E-state index contributed by atoms with van der Waals surface area (Å²) in [5.74, 6) is 0. The molecular weight excluding hydrogens is 266 g/mol. The van der Waals surface area contributed by atoms with E-state index in [0.717, 1.165) is 0 Å². The smallest absolute Gasteiger partial charge is 0.240 e. The lowest BCUT2D eigenvalue weighted by Crippen LogP contribution is -2.14. The van der Waals surface area contributed by atoms with Crippen LogP contribution in [0.1, 0.15) is 18.0 Å². The molecule has 0 bridgehead atoms. The van der Waals surface area contributed by atoms with Crippen molar-refractivity contribution in [3.05, 3.63) is 33.8 Å². The minimum Gasteiger partial charge on any atom is -0.324 e. The largest absolute Gasteiger partial charge is 0.324 e. The minimum atomic E-state index is -2.44. The summed E-state index contributed by atoms with van der Waals surface area (Å²) in [6.45, 7) is 0. The van der Waals surface area contributed by atoms with Crippen LogP contribution in [-0.4, -0.2) is 6.43 Å². The van der Waals surface area contributed by atoms with E-state index in [1.54, 1.807) is 18.2 Å². The maximum Gasteiger partial charge on any atom is 0.240 e. The third-order valence-electron chi connectivity index (χ3n) is 1.81. The summed E-state index contributed by atoms with van der Waals surface area (Å²) in [7, 11) is 0. The fraction of sp³-hybridized carbons (Fsp3) is 0.333. The summed E-state index contributed by atoms with van der Waals surface area (Å²) in [5, 5.41) is 0.580. The summed E-state index contributed by atoms with van der Waals surface area (Å²) in [5.41, 5.74) is 6.00. The Kier molecular flexibility index (Phi) is 6.44. The lowest BCUT2D eigenvalue weighted by Gasteiger charge is -2.13. The maximum atomic E-state index is 12.0. The Bertz CT molecular complexity index is 320. The Morgan fingerprint density at radius 3 is 2.40 bits per heavy atom. The van der Waals surface area contributed by atoms with Crippen LogP contribution >= 0.6 is 35.6 Å². The van der Waals surface area contributed by atoms with Crippen LogP contribution in [0.2, 0.25) is 10.0 Å². The topological polar surface area (TPSA) is 26.0 Å². The van der Waals surface area contributed by atoms with Crippen molar-refractivity contribution in [2.45, 2.75) is 18.9 Å². The van der Waals surface area contributed by atoms with Crippen LogP contribution in [0.25, 0.3) is 0 Å². The molecule has 0 fully saturated rings. The van der Waals surface area contributed by atoms with Crippen LogP contribution in [0.3, 0.4) is 0 Å². The fourth-order valence-electron chi connectivity index (χ4n) is 1.13. The van der Waals surface area contributed by atoms with Gasteiger partial charge in [-0.05, 0) is 11.6 Å².